The van der Waals surface area contributed by atoms with E-state index in [0.717, 1.165) is 14.2 Å². The van der Waals surface area contributed by atoms with Crippen molar-refractivity contribution in [2.45, 2.75) is 17.9 Å². The second kappa shape index (κ2) is 10.4. The molecule has 2 aromatic carbocycles. The summed E-state index contributed by atoms with van der Waals surface area (Å²) in [6.45, 7) is 1.31. The van der Waals surface area contributed by atoms with Crippen molar-refractivity contribution in [3.8, 4) is 5.75 Å². The maximum atomic E-state index is 12.7. The molecule has 0 aliphatic rings. The average Bonchev–Trinajstić information content (AvgIpc) is 2.77. The number of benzene rings is 2. The van der Waals surface area contributed by atoms with Gasteiger partial charge >= 0.3 is 11.9 Å². The number of hydrogen-bond acceptors (Lipinski definition) is 8. The highest BCUT2D eigenvalue weighted by Gasteiger charge is 2.26. The lowest BCUT2D eigenvalue weighted by atomic mass is 10.1. The Hall–Kier alpha value is -3.15. The molecule has 0 bridgehead atoms. The lowest BCUT2D eigenvalue weighted by Crippen LogP contribution is -2.41. The summed E-state index contributed by atoms with van der Waals surface area (Å²) in [5.41, 5.74) is 0.0369. The van der Waals surface area contributed by atoms with Gasteiger partial charge in [-0.1, -0.05) is 11.6 Å². The lowest BCUT2D eigenvalue weighted by molar-refractivity contribution is -0.117. The van der Waals surface area contributed by atoms with Gasteiger partial charge < -0.3 is 19.5 Å². The van der Waals surface area contributed by atoms with Crippen LogP contribution in [0.5, 0.6) is 5.75 Å². The Morgan fingerprint density at radius 1 is 0.938 bits per heavy atom. The summed E-state index contributed by atoms with van der Waals surface area (Å²) in [6, 6.07) is 6.58. The third-order valence-corrected chi connectivity index (χ3v) is 5.98. The van der Waals surface area contributed by atoms with E-state index in [0.29, 0.717) is 0 Å². The molecule has 0 spiro atoms. The third-order valence-electron chi connectivity index (χ3n) is 4.18. The normalized spacial score (nSPS) is 11.9. The highest BCUT2D eigenvalue weighted by molar-refractivity contribution is 7.89. The number of nitrogens with one attached hydrogen (secondary N) is 2. The minimum absolute atomic E-state index is 0.0115. The predicted octanol–water partition coefficient (Wildman–Crippen LogP) is 2.23. The van der Waals surface area contributed by atoms with E-state index in [2.05, 4.69) is 19.5 Å². The van der Waals surface area contributed by atoms with E-state index >= 15 is 0 Å². The molecule has 0 unspecified atom stereocenters. The fourth-order valence-corrected chi connectivity index (χ4v) is 4.27. The highest BCUT2D eigenvalue weighted by Crippen LogP contribution is 2.27. The molecule has 0 saturated heterocycles. The van der Waals surface area contributed by atoms with Gasteiger partial charge in [0.2, 0.25) is 15.9 Å². The van der Waals surface area contributed by atoms with E-state index in [-0.39, 0.29) is 32.5 Å². The first-order valence-electron chi connectivity index (χ1n) is 9.00. The van der Waals surface area contributed by atoms with Crippen molar-refractivity contribution in [1.82, 2.24) is 4.72 Å². The molecule has 10 nitrogen and oxygen atoms in total. The summed E-state index contributed by atoms with van der Waals surface area (Å²) < 4.78 is 42.0. The first kappa shape index (κ1) is 25.1. The molecule has 1 amide bonds. The number of rotatable bonds is 8. The van der Waals surface area contributed by atoms with Gasteiger partial charge in [0.1, 0.15) is 10.6 Å². The molecular weight excluding hydrogens is 464 g/mol. The quantitative estimate of drug-likeness (QED) is 0.544. The third kappa shape index (κ3) is 5.96. The van der Waals surface area contributed by atoms with E-state index in [9.17, 15) is 22.8 Å². The van der Waals surface area contributed by atoms with Gasteiger partial charge in [-0.2, -0.15) is 4.72 Å². The zero-order valence-electron chi connectivity index (χ0n) is 17.6. The molecule has 0 aliphatic carbocycles. The molecule has 2 aromatic rings. The number of sulfonamides is 1. The van der Waals surface area contributed by atoms with Crippen LogP contribution in [0, 0.1) is 0 Å². The Morgan fingerprint density at radius 3 is 2.00 bits per heavy atom. The largest absolute Gasteiger partial charge is 0.495 e. The summed E-state index contributed by atoms with van der Waals surface area (Å²) in [7, 11) is -0.566. The van der Waals surface area contributed by atoms with Gasteiger partial charge in [-0.25, -0.2) is 18.0 Å². The molecule has 0 aromatic heterocycles. The molecule has 32 heavy (non-hydrogen) atoms. The summed E-state index contributed by atoms with van der Waals surface area (Å²) in [5, 5.41) is 2.62. The number of halogens is 1. The molecule has 2 rings (SSSR count). The highest BCUT2D eigenvalue weighted by atomic mass is 35.5. The van der Waals surface area contributed by atoms with Crippen molar-refractivity contribution in [1.29, 1.82) is 0 Å². The standard InChI is InChI=1S/C20H21ClN2O8S/c1-11(23-32(27,28)17-10-14(21)5-6-16(17)29-2)18(24)22-15-8-12(19(25)30-3)7-13(9-15)20(26)31-4/h5-11,23H,1-4H3,(H,22,24)/t11-/m0/s1. The van der Waals surface area contributed by atoms with Crippen molar-refractivity contribution in [2.75, 3.05) is 26.6 Å². The van der Waals surface area contributed by atoms with E-state index in [4.69, 9.17) is 16.3 Å². The van der Waals surface area contributed by atoms with Crippen molar-refractivity contribution in [3.05, 3.63) is 52.5 Å². The zero-order valence-corrected chi connectivity index (χ0v) is 19.2. The predicted molar refractivity (Wildman–Crippen MR) is 116 cm³/mol. The van der Waals surface area contributed by atoms with Gasteiger partial charge in [0.05, 0.1) is 38.5 Å². The Bertz CT molecular complexity index is 1120. The van der Waals surface area contributed by atoms with Gasteiger partial charge in [-0.05, 0) is 43.3 Å². The number of carbonyl (C=O) groups excluding carboxylic acids is 3. The molecule has 0 fully saturated rings. The van der Waals surface area contributed by atoms with Gasteiger partial charge in [-0.3, -0.25) is 4.79 Å². The number of amides is 1. The topological polar surface area (TPSA) is 137 Å². The van der Waals surface area contributed by atoms with Crippen molar-refractivity contribution in [3.63, 3.8) is 0 Å². The van der Waals surface area contributed by atoms with Crippen LogP contribution in [0.1, 0.15) is 27.6 Å². The average molecular weight is 485 g/mol. The summed E-state index contributed by atoms with van der Waals surface area (Å²) in [5.74, 6) is -2.20. The molecule has 0 saturated carbocycles. The van der Waals surface area contributed by atoms with Crippen molar-refractivity contribution in [2.24, 2.45) is 0 Å². The number of esters is 2. The Morgan fingerprint density at radius 2 is 1.50 bits per heavy atom. The number of hydrogen-bond donors (Lipinski definition) is 2. The van der Waals surface area contributed by atoms with Crippen LogP contribution in [-0.2, 0) is 24.3 Å². The minimum Gasteiger partial charge on any atom is -0.495 e. The molecule has 12 heteroatoms. The number of anilines is 1. The fraction of sp³-hybridized carbons (Fsp3) is 0.250. The van der Waals surface area contributed by atoms with Crippen LogP contribution < -0.4 is 14.8 Å². The molecule has 172 valence electrons. The van der Waals surface area contributed by atoms with Crippen LogP contribution in [0.3, 0.4) is 0 Å². The number of methoxy groups -OCH3 is 3. The SMILES string of the molecule is COC(=O)c1cc(NC(=O)[C@H](C)NS(=O)(=O)c2cc(Cl)ccc2OC)cc(C(=O)OC)c1. The second-order valence-corrected chi connectivity index (χ2v) is 8.53. The van der Waals surface area contributed by atoms with Crippen LogP contribution in [0.15, 0.2) is 41.3 Å². The smallest absolute Gasteiger partial charge is 0.337 e. The minimum atomic E-state index is -4.18. The van der Waals surface area contributed by atoms with Crippen LogP contribution in [0.25, 0.3) is 0 Å². The lowest BCUT2D eigenvalue weighted by Gasteiger charge is -2.17. The van der Waals surface area contributed by atoms with Gasteiger partial charge in [0.15, 0.2) is 0 Å². The first-order chi connectivity index (χ1) is 15.0. The maximum Gasteiger partial charge on any atom is 0.337 e. The van der Waals surface area contributed by atoms with E-state index in [1.54, 1.807) is 0 Å². The van der Waals surface area contributed by atoms with E-state index < -0.39 is 33.9 Å². The van der Waals surface area contributed by atoms with Crippen LogP contribution >= 0.6 is 11.6 Å². The zero-order chi connectivity index (χ0) is 24.1. The van der Waals surface area contributed by atoms with Crippen molar-refractivity contribution < 1.29 is 37.0 Å². The fourth-order valence-electron chi connectivity index (χ4n) is 2.63. The van der Waals surface area contributed by atoms with E-state index in [1.807, 2.05) is 0 Å². The first-order valence-corrected chi connectivity index (χ1v) is 10.9. The van der Waals surface area contributed by atoms with Gasteiger partial charge in [0.25, 0.3) is 0 Å². The molecule has 2 N–H and O–H groups in total. The van der Waals surface area contributed by atoms with Crippen molar-refractivity contribution >= 4 is 45.2 Å². The summed E-state index contributed by atoms with van der Waals surface area (Å²) in [6.07, 6.45) is 0. The Balaban J connectivity index is 2.28. The number of carbonyl (C=O) groups is 3. The number of ether oxygens (including phenoxy) is 3. The van der Waals surface area contributed by atoms with Crippen LogP contribution in [0.2, 0.25) is 5.02 Å². The molecule has 0 aliphatic heterocycles. The second-order valence-electron chi connectivity index (χ2n) is 6.41. The molecule has 0 heterocycles. The Kier molecular flexibility index (Phi) is 8.19. The van der Waals surface area contributed by atoms with Crippen LogP contribution in [-0.4, -0.2) is 53.6 Å². The molecule has 1 atom stereocenters. The van der Waals surface area contributed by atoms with Gasteiger partial charge in [0, 0.05) is 10.7 Å². The summed E-state index contributed by atoms with van der Waals surface area (Å²) >= 11 is 5.89. The maximum absolute atomic E-state index is 12.7. The molecule has 0 radical (unpaired) electrons. The van der Waals surface area contributed by atoms with Crippen LogP contribution in [0.4, 0.5) is 5.69 Å². The monoisotopic (exact) mass is 484 g/mol. The van der Waals surface area contributed by atoms with Gasteiger partial charge in [-0.15, -0.1) is 0 Å². The van der Waals surface area contributed by atoms with E-state index in [1.165, 1.54) is 50.4 Å². The Labute approximate surface area is 189 Å². The summed E-state index contributed by atoms with van der Waals surface area (Å²) in [4.78, 5) is 36.1. The molecular formula is C20H21ClN2O8S.